The minimum absolute atomic E-state index is 0.373. The van der Waals surface area contributed by atoms with Gasteiger partial charge in [-0.3, -0.25) is 0 Å². The highest BCUT2D eigenvalue weighted by Crippen LogP contribution is 2.31. The van der Waals surface area contributed by atoms with Crippen molar-refractivity contribution in [2.75, 3.05) is 19.8 Å². The molecule has 0 heterocycles. The number of benzene rings is 1. The molecule has 3 atom stereocenters. The summed E-state index contributed by atoms with van der Waals surface area (Å²) >= 11 is 0. The van der Waals surface area contributed by atoms with E-state index in [1.807, 2.05) is 30.3 Å². The summed E-state index contributed by atoms with van der Waals surface area (Å²) in [6.07, 6.45) is 3.18. The number of rotatable bonds is 6. The Morgan fingerprint density at radius 2 is 1.94 bits per heavy atom. The van der Waals surface area contributed by atoms with Crippen LogP contribution in [0.2, 0.25) is 0 Å². The number of aliphatic hydroxyl groups is 1. The summed E-state index contributed by atoms with van der Waals surface area (Å²) in [4.78, 5) is 0. The van der Waals surface area contributed by atoms with Crippen LogP contribution in [0.15, 0.2) is 30.3 Å². The summed E-state index contributed by atoms with van der Waals surface area (Å²) in [6.45, 7) is 1.86. The van der Waals surface area contributed by atoms with E-state index < -0.39 is 6.10 Å². The normalized spacial score (nSPS) is 25.2. The van der Waals surface area contributed by atoms with Gasteiger partial charge in [0.1, 0.15) is 6.10 Å². The van der Waals surface area contributed by atoms with Crippen LogP contribution in [-0.2, 0) is 4.74 Å². The minimum Gasteiger partial charge on any atom is -0.386 e. The fourth-order valence-electron chi connectivity index (χ4n) is 2.75. The van der Waals surface area contributed by atoms with Crippen LogP contribution in [0, 0.1) is 11.8 Å². The van der Waals surface area contributed by atoms with Gasteiger partial charge in [-0.05, 0) is 36.8 Å². The van der Waals surface area contributed by atoms with Crippen LogP contribution in [0.25, 0.3) is 0 Å². The van der Waals surface area contributed by atoms with Gasteiger partial charge in [-0.1, -0.05) is 36.8 Å². The van der Waals surface area contributed by atoms with Crippen LogP contribution in [-0.4, -0.2) is 24.9 Å². The third-order valence-electron chi connectivity index (χ3n) is 3.91. The summed E-state index contributed by atoms with van der Waals surface area (Å²) in [6, 6.07) is 9.65. The number of nitrogens with two attached hydrogens (primary N) is 1. The zero-order valence-electron chi connectivity index (χ0n) is 10.8. The molecule has 1 saturated carbocycles. The summed E-state index contributed by atoms with van der Waals surface area (Å²) < 4.78 is 5.66. The van der Waals surface area contributed by atoms with Gasteiger partial charge >= 0.3 is 0 Å². The molecule has 3 N–H and O–H groups in total. The predicted octanol–water partition coefficient (Wildman–Crippen LogP) is 2.11. The number of hydrogen-bond donors (Lipinski definition) is 2. The van der Waals surface area contributed by atoms with Crippen molar-refractivity contribution in [1.82, 2.24) is 0 Å². The lowest BCUT2D eigenvalue weighted by molar-refractivity contribution is 0.0150. The maximum absolute atomic E-state index is 9.97. The molecule has 1 fully saturated rings. The largest absolute Gasteiger partial charge is 0.386 e. The van der Waals surface area contributed by atoms with Crippen LogP contribution in [0.5, 0.6) is 0 Å². The predicted molar refractivity (Wildman–Crippen MR) is 72.1 cm³/mol. The van der Waals surface area contributed by atoms with Crippen molar-refractivity contribution in [3.8, 4) is 0 Å². The molecule has 0 bridgehead atoms. The standard InChI is InChI=1S/C15H23NO2/c16-9-13-7-4-8-14(13)10-18-11-15(17)12-5-2-1-3-6-12/h1-3,5-6,13-15,17H,4,7-11,16H2. The molecule has 100 valence electrons. The second-order valence-electron chi connectivity index (χ2n) is 5.15. The molecule has 3 unspecified atom stereocenters. The molecule has 1 aromatic rings. The Kier molecular flexibility index (Phi) is 5.17. The van der Waals surface area contributed by atoms with E-state index in [0.29, 0.717) is 18.4 Å². The maximum Gasteiger partial charge on any atom is 0.102 e. The molecular formula is C15H23NO2. The molecule has 1 aliphatic rings. The molecule has 0 aromatic heterocycles. The number of aliphatic hydroxyl groups excluding tert-OH is 1. The van der Waals surface area contributed by atoms with Crippen LogP contribution >= 0.6 is 0 Å². The van der Waals surface area contributed by atoms with E-state index in [1.54, 1.807) is 0 Å². The first-order valence-electron chi connectivity index (χ1n) is 6.82. The van der Waals surface area contributed by atoms with Crippen molar-refractivity contribution >= 4 is 0 Å². The van der Waals surface area contributed by atoms with Gasteiger partial charge in [-0.15, -0.1) is 0 Å². The lowest BCUT2D eigenvalue weighted by atomic mass is 9.97. The second-order valence-corrected chi connectivity index (χ2v) is 5.15. The van der Waals surface area contributed by atoms with Gasteiger partial charge in [0, 0.05) is 6.61 Å². The Labute approximate surface area is 109 Å². The molecule has 3 heteroatoms. The molecule has 1 aliphatic carbocycles. The van der Waals surface area contributed by atoms with Crippen LogP contribution in [0.4, 0.5) is 0 Å². The van der Waals surface area contributed by atoms with Crippen molar-refractivity contribution < 1.29 is 9.84 Å². The SMILES string of the molecule is NCC1CCCC1COCC(O)c1ccccc1. The first kappa shape index (κ1) is 13.5. The fourth-order valence-corrected chi connectivity index (χ4v) is 2.75. The molecular weight excluding hydrogens is 226 g/mol. The van der Waals surface area contributed by atoms with Crippen molar-refractivity contribution in [1.29, 1.82) is 0 Å². The van der Waals surface area contributed by atoms with Gasteiger partial charge in [0.25, 0.3) is 0 Å². The van der Waals surface area contributed by atoms with Crippen LogP contribution in [0.3, 0.4) is 0 Å². The Balaban J connectivity index is 1.72. The molecule has 0 saturated heterocycles. The summed E-state index contributed by atoms with van der Waals surface area (Å²) in [5.74, 6) is 1.19. The van der Waals surface area contributed by atoms with Crippen LogP contribution < -0.4 is 5.73 Å². The molecule has 0 radical (unpaired) electrons. The highest BCUT2D eigenvalue weighted by Gasteiger charge is 2.26. The molecule has 1 aromatic carbocycles. The van der Waals surface area contributed by atoms with E-state index in [-0.39, 0.29) is 0 Å². The fraction of sp³-hybridized carbons (Fsp3) is 0.600. The van der Waals surface area contributed by atoms with Gasteiger partial charge in [0.05, 0.1) is 6.61 Å². The molecule has 0 amide bonds. The molecule has 2 rings (SSSR count). The number of ether oxygens (including phenoxy) is 1. The third-order valence-corrected chi connectivity index (χ3v) is 3.91. The van der Waals surface area contributed by atoms with E-state index in [4.69, 9.17) is 10.5 Å². The smallest absolute Gasteiger partial charge is 0.102 e. The topological polar surface area (TPSA) is 55.5 Å². The quantitative estimate of drug-likeness (QED) is 0.812. The lowest BCUT2D eigenvalue weighted by Crippen LogP contribution is -2.23. The highest BCUT2D eigenvalue weighted by molar-refractivity contribution is 5.17. The lowest BCUT2D eigenvalue weighted by Gasteiger charge is -2.19. The Morgan fingerprint density at radius 3 is 2.67 bits per heavy atom. The Morgan fingerprint density at radius 1 is 1.22 bits per heavy atom. The molecule has 3 nitrogen and oxygen atoms in total. The zero-order chi connectivity index (χ0) is 12.8. The first-order valence-corrected chi connectivity index (χ1v) is 6.82. The van der Waals surface area contributed by atoms with E-state index in [9.17, 15) is 5.11 Å². The van der Waals surface area contributed by atoms with Crippen molar-refractivity contribution in [2.24, 2.45) is 17.6 Å². The summed E-state index contributed by atoms with van der Waals surface area (Å²) in [7, 11) is 0. The molecule has 18 heavy (non-hydrogen) atoms. The second kappa shape index (κ2) is 6.88. The van der Waals surface area contributed by atoms with Crippen molar-refractivity contribution in [2.45, 2.75) is 25.4 Å². The van der Waals surface area contributed by atoms with Gasteiger partial charge in [-0.2, -0.15) is 0 Å². The monoisotopic (exact) mass is 249 g/mol. The van der Waals surface area contributed by atoms with Gasteiger partial charge in [0.2, 0.25) is 0 Å². The minimum atomic E-state index is -0.524. The first-order chi connectivity index (χ1) is 8.81. The van der Waals surface area contributed by atoms with Crippen LogP contribution in [0.1, 0.15) is 30.9 Å². The summed E-state index contributed by atoms with van der Waals surface area (Å²) in [5, 5.41) is 9.97. The van der Waals surface area contributed by atoms with E-state index >= 15 is 0 Å². The van der Waals surface area contributed by atoms with Gasteiger partial charge < -0.3 is 15.6 Å². The van der Waals surface area contributed by atoms with E-state index in [2.05, 4.69) is 0 Å². The van der Waals surface area contributed by atoms with Gasteiger partial charge in [0.15, 0.2) is 0 Å². The Hall–Kier alpha value is -0.900. The number of hydrogen-bond acceptors (Lipinski definition) is 3. The van der Waals surface area contributed by atoms with Crippen molar-refractivity contribution in [3.05, 3.63) is 35.9 Å². The zero-order valence-corrected chi connectivity index (χ0v) is 10.8. The Bertz CT molecular complexity index is 342. The third kappa shape index (κ3) is 3.55. The average Bonchev–Trinajstić information content (AvgIpc) is 2.87. The molecule has 0 spiro atoms. The highest BCUT2D eigenvalue weighted by atomic mass is 16.5. The van der Waals surface area contributed by atoms with E-state index in [0.717, 1.165) is 18.7 Å². The maximum atomic E-state index is 9.97. The summed E-state index contributed by atoms with van der Waals surface area (Å²) in [5.41, 5.74) is 6.66. The van der Waals surface area contributed by atoms with Crippen molar-refractivity contribution in [3.63, 3.8) is 0 Å². The molecule has 0 aliphatic heterocycles. The van der Waals surface area contributed by atoms with E-state index in [1.165, 1.54) is 19.3 Å². The van der Waals surface area contributed by atoms with Gasteiger partial charge in [-0.25, -0.2) is 0 Å². The average molecular weight is 249 g/mol.